The molecule has 6 nitrogen and oxygen atoms in total. The predicted molar refractivity (Wildman–Crippen MR) is 79.0 cm³/mol. The number of hydrogen-bond acceptors (Lipinski definition) is 3. The van der Waals surface area contributed by atoms with Crippen LogP contribution in [0.25, 0.3) is 0 Å². The van der Waals surface area contributed by atoms with Crippen molar-refractivity contribution < 1.29 is 19.4 Å². The average Bonchev–Trinajstić information content (AvgIpc) is 2.90. The molecule has 0 saturated carbocycles. The van der Waals surface area contributed by atoms with Crippen LogP contribution in [0.5, 0.6) is 0 Å². The fourth-order valence-electron chi connectivity index (χ4n) is 2.11. The second kappa shape index (κ2) is 6.51. The molecule has 8 heteroatoms. The molecule has 1 aliphatic rings. The van der Waals surface area contributed by atoms with E-state index in [4.69, 9.17) is 33.0 Å². The normalized spacial score (nSPS) is 21.1. The minimum atomic E-state index is -0.985. The monoisotopic (exact) mass is 332 g/mol. The summed E-state index contributed by atoms with van der Waals surface area (Å²) in [5.74, 6) is -1.72. The van der Waals surface area contributed by atoms with Gasteiger partial charge in [0.2, 0.25) is 0 Å². The molecule has 1 heterocycles. The highest BCUT2D eigenvalue weighted by Crippen LogP contribution is 2.26. The van der Waals surface area contributed by atoms with E-state index in [9.17, 15) is 9.59 Å². The third-order valence-corrected chi connectivity index (χ3v) is 3.91. The second-order valence-electron chi connectivity index (χ2n) is 4.71. The highest BCUT2D eigenvalue weighted by Gasteiger charge is 2.38. The number of rotatable bonds is 3. The number of urea groups is 1. The van der Waals surface area contributed by atoms with Gasteiger partial charge in [0.1, 0.15) is 5.92 Å². The number of carbonyl (C=O) groups excluding carboxylic acids is 1. The maximum atomic E-state index is 12.2. The van der Waals surface area contributed by atoms with Gasteiger partial charge in [-0.2, -0.15) is 0 Å². The van der Waals surface area contributed by atoms with Gasteiger partial charge in [0.05, 0.1) is 30.0 Å². The van der Waals surface area contributed by atoms with Crippen molar-refractivity contribution in [3.05, 3.63) is 28.2 Å². The van der Waals surface area contributed by atoms with Crippen molar-refractivity contribution in [1.82, 2.24) is 4.90 Å². The third-order valence-electron chi connectivity index (χ3n) is 3.36. The van der Waals surface area contributed by atoms with Gasteiger partial charge in [-0.25, -0.2) is 4.79 Å². The number of nitrogens with one attached hydrogen (secondary N) is 1. The largest absolute Gasteiger partial charge is 0.481 e. The Morgan fingerprint density at radius 3 is 2.71 bits per heavy atom. The van der Waals surface area contributed by atoms with E-state index in [1.165, 1.54) is 18.0 Å². The summed E-state index contributed by atoms with van der Waals surface area (Å²) in [6.45, 7) is 0.286. The topological polar surface area (TPSA) is 78.9 Å². The standard InChI is InChI=1S/C13H14Cl2N2O4/c1-17(11-6-21-5-8(11)12(18)19)13(20)16-10-3-2-7(14)4-9(10)15/h2-4,8,11H,5-6H2,1H3,(H,16,20)(H,18,19). The second-order valence-corrected chi connectivity index (χ2v) is 5.56. The summed E-state index contributed by atoms with van der Waals surface area (Å²) in [5.41, 5.74) is 0.406. The zero-order chi connectivity index (χ0) is 15.6. The van der Waals surface area contributed by atoms with Crippen LogP contribution in [0, 0.1) is 5.92 Å². The van der Waals surface area contributed by atoms with Crippen molar-refractivity contribution in [1.29, 1.82) is 0 Å². The summed E-state index contributed by atoms with van der Waals surface area (Å²) >= 11 is 11.8. The lowest BCUT2D eigenvalue weighted by molar-refractivity contribution is -0.142. The molecule has 2 unspecified atom stereocenters. The number of carboxylic acids is 1. The molecule has 2 amide bonds. The number of nitrogens with zero attached hydrogens (tertiary/aromatic N) is 1. The van der Waals surface area contributed by atoms with Gasteiger partial charge in [-0.3, -0.25) is 4.79 Å². The molecule has 0 spiro atoms. The first-order valence-corrected chi connectivity index (χ1v) is 6.95. The summed E-state index contributed by atoms with van der Waals surface area (Å²) in [6, 6.07) is 3.71. The van der Waals surface area contributed by atoms with Crippen LogP contribution < -0.4 is 5.32 Å². The minimum absolute atomic E-state index is 0.0965. The molecule has 1 aromatic rings. The SMILES string of the molecule is CN(C(=O)Nc1ccc(Cl)cc1Cl)C1COCC1C(=O)O. The zero-order valence-corrected chi connectivity index (χ0v) is 12.7. The fourth-order valence-corrected chi connectivity index (χ4v) is 2.56. The van der Waals surface area contributed by atoms with E-state index in [0.29, 0.717) is 15.7 Å². The van der Waals surface area contributed by atoms with Crippen LogP contribution in [0.15, 0.2) is 18.2 Å². The Morgan fingerprint density at radius 2 is 2.10 bits per heavy atom. The Kier molecular flexibility index (Phi) is 4.92. The Labute approximate surface area is 131 Å². The quantitative estimate of drug-likeness (QED) is 0.891. The number of likely N-dealkylation sites (N-methyl/N-ethyl adjacent to an activating group) is 1. The first-order chi connectivity index (χ1) is 9.90. The molecule has 1 aromatic carbocycles. The van der Waals surface area contributed by atoms with Gasteiger partial charge in [0.15, 0.2) is 0 Å². The summed E-state index contributed by atoms with van der Waals surface area (Å²) in [4.78, 5) is 24.6. The third kappa shape index (κ3) is 3.58. The van der Waals surface area contributed by atoms with Crippen LogP contribution in [0.1, 0.15) is 0 Å². The van der Waals surface area contributed by atoms with Gasteiger partial charge in [0.25, 0.3) is 0 Å². The van der Waals surface area contributed by atoms with E-state index in [1.54, 1.807) is 12.1 Å². The van der Waals surface area contributed by atoms with Crippen LogP contribution >= 0.6 is 23.2 Å². The maximum Gasteiger partial charge on any atom is 0.321 e. The van der Waals surface area contributed by atoms with Crippen LogP contribution in [0.2, 0.25) is 10.0 Å². The molecular formula is C13H14Cl2N2O4. The molecule has 114 valence electrons. The number of hydrogen-bond donors (Lipinski definition) is 2. The highest BCUT2D eigenvalue weighted by atomic mass is 35.5. The molecule has 0 bridgehead atoms. The van der Waals surface area contributed by atoms with Crippen LogP contribution in [-0.2, 0) is 9.53 Å². The van der Waals surface area contributed by atoms with Gasteiger partial charge >= 0.3 is 12.0 Å². The number of amides is 2. The number of ether oxygens (including phenoxy) is 1. The van der Waals surface area contributed by atoms with Crippen molar-refractivity contribution >= 4 is 40.9 Å². The molecule has 0 aromatic heterocycles. The van der Waals surface area contributed by atoms with E-state index >= 15 is 0 Å². The molecule has 1 aliphatic heterocycles. The predicted octanol–water partition coefficient (Wildman–Crippen LogP) is 2.56. The van der Waals surface area contributed by atoms with Crippen molar-refractivity contribution in [3.8, 4) is 0 Å². The highest BCUT2D eigenvalue weighted by molar-refractivity contribution is 6.36. The Hall–Kier alpha value is -1.50. The van der Waals surface area contributed by atoms with Gasteiger partial charge in [-0.15, -0.1) is 0 Å². The lowest BCUT2D eigenvalue weighted by Crippen LogP contribution is -2.45. The fraction of sp³-hybridized carbons (Fsp3) is 0.385. The molecule has 2 rings (SSSR count). The molecular weight excluding hydrogens is 319 g/mol. The van der Waals surface area contributed by atoms with E-state index < -0.39 is 24.0 Å². The lowest BCUT2D eigenvalue weighted by Gasteiger charge is -2.26. The van der Waals surface area contributed by atoms with Crippen molar-refractivity contribution in [2.75, 3.05) is 25.6 Å². The minimum Gasteiger partial charge on any atom is -0.481 e. The maximum absolute atomic E-state index is 12.2. The number of aliphatic carboxylic acids is 1. The number of benzene rings is 1. The van der Waals surface area contributed by atoms with Crippen molar-refractivity contribution in [3.63, 3.8) is 0 Å². The van der Waals surface area contributed by atoms with Crippen LogP contribution in [0.3, 0.4) is 0 Å². The van der Waals surface area contributed by atoms with Gasteiger partial charge in [-0.05, 0) is 18.2 Å². The summed E-state index contributed by atoms with van der Waals surface area (Å²) in [7, 11) is 1.52. The number of carbonyl (C=O) groups is 2. The Balaban J connectivity index is 2.07. The van der Waals surface area contributed by atoms with E-state index in [1.807, 2.05) is 0 Å². The van der Waals surface area contributed by atoms with Gasteiger partial charge in [-0.1, -0.05) is 23.2 Å². The molecule has 0 aliphatic carbocycles. The van der Waals surface area contributed by atoms with Crippen LogP contribution in [0.4, 0.5) is 10.5 Å². The smallest absolute Gasteiger partial charge is 0.321 e. The summed E-state index contributed by atoms with van der Waals surface area (Å²) in [6.07, 6.45) is 0. The molecule has 2 N–H and O–H groups in total. The molecule has 21 heavy (non-hydrogen) atoms. The average molecular weight is 333 g/mol. The Bertz CT molecular complexity index is 567. The number of halogens is 2. The molecule has 1 fully saturated rings. The Morgan fingerprint density at radius 1 is 1.38 bits per heavy atom. The molecule has 2 atom stereocenters. The first-order valence-electron chi connectivity index (χ1n) is 6.19. The van der Waals surface area contributed by atoms with Gasteiger partial charge in [0, 0.05) is 12.1 Å². The van der Waals surface area contributed by atoms with Crippen molar-refractivity contribution in [2.45, 2.75) is 6.04 Å². The number of carboxylic acid groups (broad SMARTS) is 1. The zero-order valence-electron chi connectivity index (χ0n) is 11.2. The molecule has 1 saturated heterocycles. The number of anilines is 1. The summed E-state index contributed by atoms with van der Waals surface area (Å²) in [5, 5.41) is 12.5. The molecule has 0 radical (unpaired) electrons. The van der Waals surface area contributed by atoms with E-state index in [0.717, 1.165) is 0 Å². The van der Waals surface area contributed by atoms with E-state index in [2.05, 4.69) is 5.32 Å². The first kappa shape index (κ1) is 15.9. The lowest BCUT2D eigenvalue weighted by atomic mass is 10.0. The summed E-state index contributed by atoms with van der Waals surface area (Å²) < 4.78 is 5.15. The van der Waals surface area contributed by atoms with Crippen molar-refractivity contribution in [2.24, 2.45) is 5.92 Å². The van der Waals surface area contributed by atoms with Crippen LogP contribution in [-0.4, -0.2) is 48.3 Å². The van der Waals surface area contributed by atoms with E-state index in [-0.39, 0.29) is 13.2 Å². The van der Waals surface area contributed by atoms with Gasteiger partial charge < -0.3 is 20.1 Å².